The standard InChI is InChI=1S/C6H7N3O2/c10-5-2-1-3-7-6(5)8-4-9-11/h1-4,10-11H,(H,7,8,9). The normalized spacial score (nSPS) is 10.3. The first-order chi connectivity index (χ1) is 5.34. The van der Waals surface area contributed by atoms with Crippen molar-refractivity contribution in [3.63, 3.8) is 0 Å². The maximum absolute atomic E-state index is 9.05. The van der Waals surface area contributed by atoms with Crippen LogP contribution in [0.3, 0.4) is 0 Å². The van der Waals surface area contributed by atoms with Crippen molar-refractivity contribution >= 4 is 12.2 Å². The van der Waals surface area contributed by atoms with Gasteiger partial charge >= 0.3 is 0 Å². The molecular formula is C6H7N3O2. The molecule has 0 fully saturated rings. The first-order valence-electron chi connectivity index (χ1n) is 2.90. The average molecular weight is 153 g/mol. The van der Waals surface area contributed by atoms with Crippen molar-refractivity contribution in [3.8, 4) is 5.75 Å². The minimum atomic E-state index is -0.0287. The summed E-state index contributed by atoms with van der Waals surface area (Å²) < 4.78 is 0. The number of pyridine rings is 1. The number of hydroxylamine groups is 1. The van der Waals surface area contributed by atoms with E-state index in [1.165, 1.54) is 12.3 Å². The quantitative estimate of drug-likeness (QED) is 0.327. The highest BCUT2D eigenvalue weighted by molar-refractivity contribution is 5.60. The van der Waals surface area contributed by atoms with Crippen molar-refractivity contribution in [3.05, 3.63) is 18.3 Å². The molecule has 0 amide bonds. The molecule has 1 rings (SSSR count). The molecule has 1 aromatic heterocycles. The topological polar surface area (TPSA) is 77.7 Å². The summed E-state index contributed by atoms with van der Waals surface area (Å²) in [6.07, 6.45) is 2.51. The molecule has 1 heterocycles. The summed E-state index contributed by atoms with van der Waals surface area (Å²) in [5, 5.41) is 17.2. The molecule has 0 spiro atoms. The molecule has 0 unspecified atom stereocenters. The van der Waals surface area contributed by atoms with Crippen LogP contribution in [0.4, 0.5) is 5.82 Å². The Morgan fingerprint density at radius 3 is 3.09 bits per heavy atom. The average Bonchev–Trinajstić information content (AvgIpc) is 2.03. The van der Waals surface area contributed by atoms with Crippen molar-refractivity contribution in [1.82, 2.24) is 10.5 Å². The fourth-order valence-electron chi connectivity index (χ4n) is 0.578. The van der Waals surface area contributed by atoms with Gasteiger partial charge in [0.1, 0.15) is 6.34 Å². The minimum Gasteiger partial charge on any atom is -0.504 e. The number of aliphatic imine (C=N–C) groups is 1. The lowest BCUT2D eigenvalue weighted by Crippen LogP contribution is -2.01. The zero-order chi connectivity index (χ0) is 8.10. The Morgan fingerprint density at radius 2 is 2.45 bits per heavy atom. The van der Waals surface area contributed by atoms with E-state index in [1.54, 1.807) is 11.5 Å². The highest BCUT2D eigenvalue weighted by Gasteiger charge is 1.95. The Bertz CT molecular complexity index is 262. The van der Waals surface area contributed by atoms with Gasteiger partial charge in [0.2, 0.25) is 0 Å². The lowest BCUT2D eigenvalue weighted by Gasteiger charge is -1.93. The Labute approximate surface area is 63.0 Å². The van der Waals surface area contributed by atoms with Crippen molar-refractivity contribution in [2.24, 2.45) is 4.99 Å². The molecule has 5 nitrogen and oxygen atoms in total. The second kappa shape index (κ2) is 3.52. The van der Waals surface area contributed by atoms with E-state index in [1.807, 2.05) is 0 Å². The molecule has 58 valence electrons. The molecule has 0 radical (unpaired) electrons. The number of aromatic hydroxyl groups is 1. The van der Waals surface area contributed by atoms with Gasteiger partial charge < -0.3 is 5.11 Å². The molecule has 0 aromatic carbocycles. The Kier molecular flexibility index (Phi) is 2.40. The van der Waals surface area contributed by atoms with E-state index in [9.17, 15) is 0 Å². The molecule has 0 aliphatic carbocycles. The molecule has 0 aliphatic rings. The number of nitrogens with one attached hydrogen (secondary N) is 1. The fourth-order valence-corrected chi connectivity index (χ4v) is 0.578. The van der Waals surface area contributed by atoms with E-state index >= 15 is 0 Å². The van der Waals surface area contributed by atoms with Crippen LogP contribution in [0.5, 0.6) is 5.75 Å². The maximum Gasteiger partial charge on any atom is 0.196 e. The summed E-state index contributed by atoms with van der Waals surface area (Å²) in [5.41, 5.74) is 1.70. The molecule has 1 aromatic rings. The van der Waals surface area contributed by atoms with Crippen molar-refractivity contribution < 1.29 is 10.3 Å². The van der Waals surface area contributed by atoms with Crippen LogP contribution < -0.4 is 5.48 Å². The molecule has 11 heavy (non-hydrogen) atoms. The summed E-state index contributed by atoms with van der Waals surface area (Å²) in [6.45, 7) is 0. The van der Waals surface area contributed by atoms with E-state index in [0.29, 0.717) is 0 Å². The molecule has 0 saturated heterocycles. The van der Waals surface area contributed by atoms with Crippen LogP contribution in [0, 0.1) is 0 Å². The SMILES string of the molecule is ONC=Nc1ncccc1O. The minimum absolute atomic E-state index is 0.0287. The molecule has 0 bridgehead atoms. The van der Waals surface area contributed by atoms with E-state index < -0.39 is 0 Å². The third-order valence-corrected chi connectivity index (χ3v) is 1.01. The van der Waals surface area contributed by atoms with Crippen LogP contribution in [0.2, 0.25) is 0 Å². The van der Waals surface area contributed by atoms with Crippen LogP contribution in [-0.4, -0.2) is 21.6 Å². The second-order valence-corrected chi connectivity index (χ2v) is 1.73. The predicted octanol–water partition coefficient (Wildman–Crippen LogP) is 0.426. The van der Waals surface area contributed by atoms with Gasteiger partial charge in [0.25, 0.3) is 0 Å². The summed E-state index contributed by atoms with van der Waals surface area (Å²) in [6, 6.07) is 3.04. The van der Waals surface area contributed by atoms with Gasteiger partial charge in [0.05, 0.1) is 0 Å². The lowest BCUT2D eigenvalue weighted by atomic mass is 10.4. The lowest BCUT2D eigenvalue weighted by molar-refractivity contribution is 0.240. The first-order valence-corrected chi connectivity index (χ1v) is 2.90. The largest absolute Gasteiger partial charge is 0.504 e. The Balaban J connectivity index is 2.86. The summed E-state index contributed by atoms with van der Waals surface area (Å²) in [5.74, 6) is 0.132. The van der Waals surface area contributed by atoms with Gasteiger partial charge in [-0.1, -0.05) is 0 Å². The molecule has 0 atom stereocenters. The number of rotatable bonds is 2. The first kappa shape index (κ1) is 7.49. The van der Waals surface area contributed by atoms with E-state index in [-0.39, 0.29) is 11.6 Å². The zero-order valence-corrected chi connectivity index (χ0v) is 5.60. The predicted molar refractivity (Wildman–Crippen MR) is 39.0 cm³/mol. The van der Waals surface area contributed by atoms with Gasteiger partial charge in [-0.25, -0.2) is 9.98 Å². The number of nitrogens with zero attached hydrogens (tertiary/aromatic N) is 2. The molecular weight excluding hydrogens is 146 g/mol. The maximum atomic E-state index is 9.05. The third-order valence-electron chi connectivity index (χ3n) is 1.01. The smallest absolute Gasteiger partial charge is 0.196 e. The highest BCUT2D eigenvalue weighted by Crippen LogP contribution is 2.20. The van der Waals surface area contributed by atoms with Crippen LogP contribution in [0.25, 0.3) is 0 Å². The van der Waals surface area contributed by atoms with Gasteiger partial charge in [-0.2, -0.15) is 0 Å². The molecule has 0 saturated carbocycles. The third kappa shape index (κ3) is 1.91. The van der Waals surface area contributed by atoms with Gasteiger partial charge in [-0.3, -0.25) is 10.7 Å². The van der Waals surface area contributed by atoms with Crippen LogP contribution in [-0.2, 0) is 0 Å². The van der Waals surface area contributed by atoms with Gasteiger partial charge in [0.15, 0.2) is 11.6 Å². The van der Waals surface area contributed by atoms with Gasteiger partial charge in [-0.05, 0) is 12.1 Å². The highest BCUT2D eigenvalue weighted by atomic mass is 16.5. The van der Waals surface area contributed by atoms with Gasteiger partial charge in [-0.15, -0.1) is 0 Å². The molecule has 3 N–H and O–H groups in total. The Hall–Kier alpha value is -1.62. The second-order valence-electron chi connectivity index (χ2n) is 1.73. The van der Waals surface area contributed by atoms with Crippen LogP contribution in [0.1, 0.15) is 0 Å². The fraction of sp³-hybridized carbons (Fsp3) is 0. The van der Waals surface area contributed by atoms with E-state index in [4.69, 9.17) is 10.3 Å². The zero-order valence-electron chi connectivity index (χ0n) is 5.60. The van der Waals surface area contributed by atoms with E-state index in [2.05, 4.69) is 9.98 Å². The van der Waals surface area contributed by atoms with Crippen molar-refractivity contribution in [2.45, 2.75) is 0 Å². The monoisotopic (exact) mass is 153 g/mol. The van der Waals surface area contributed by atoms with Gasteiger partial charge in [0, 0.05) is 6.20 Å². The number of hydrogen-bond acceptors (Lipinski definition) is 4. The molecule has 0 aliphatic heterocycles. The molecule has 5 heteroatoms. The van der Waals surface area contributed by atoms with Crippen LogP contribution >= 0.6 is 0 Å². The summed E-state index contributed by atoms with van der Waals surface area (Å²) in [4.78, 5) is 7.29. The van der Waals surface area contributed by atoms with Crippen LogP contribution in [0.15, 0.2) is 23.3 Å². The Morgan fingerprint density at radius 1 is 1.64 bits per heavy atom. The summed E-state index contributed by atoms with van der Waals surface area (Å²) >= 11 is 0. The van der Waals surface area contributed by atoms with Crippen molar-refractivity contribution in [1.29, 1.82) is 0 Å². The van der Waals surface area contributed by atoms with E-state index in [0.717, 1.165) is 6.34 Å². The number of hydrogen-bond donors (Lipinski definition) is 3. The number of aromatic nitrogens is 1. The van der Waals surface area contributed by atoms with Crippen molar-refractivity contribution in [2.75, 3.05) is 0 Å². The summed E-state index contributed by atoms with van der Waals surface area (Å²) in [7, 11) is 0.